The van der Waals surface area contributed by atoms with Crippen molar-refractivity contribution in [3.05, 3.63) is 46.7 Å². The number of unbranched alkanes of at least 4 members (excludes halogenated alkanes) is 6. The third-order valence-corrected chi connectivity index (χ3v) is 8.76. The first-order chi connectivity index (χ1) is 16.8. The second-order valence-electron chi connectivity index (χ2n) is 9.11. The minimum atomic E-state index is 1.05. The molecule has 5 rings (SSSR count). The number of nitrogens with one attached hydrogen (secondary N) is 2. The molecule has 5 aromatic rings. The molecule has 0 unspecified atom stereocenters. The number of aromatic nitrogens is 4. The average molecular weight is 491 g/mol. The zero-order chi connectivity index (χ0) is 23.3. The van der Waals surface area contributed by atoms with E-state index in [1.807, 2.05) is 35.1 Å². The molecule has 2 N–H and O–H groups in total. The number of thiazole rings is 2. The van der Waals surface area contributed by atoms with Gasteiger partial charge in [0.05, 0.1) is 30.4 Å². The predicted octanol–water partition coefficient (Wildman–Crippen LogP) is 9.14. The molecule has 0 saturated carbocycles. The monoisotopic (exact) mass is 490 g/mol. The Bertz CT molecular complexity index is 1170. The van der Waals surface area contributed by atoms with Gasteiger partial charge in [-0.25, -0.2) is 9.97 Å². The summed E-state index contributed by atoms with van der Waals surface area (Å²) in [6, 6.07) is 8.50. The van der Waals surface area contributed by atoms with E-state index in [2.05, 4.69) is 48.1 Å². The van der Waals surface area contributed by atoms with Gasteiger partial charge in [0.15, 0.2) is 0 Å². The van der Waals surface area contributed by atoms with Crippen molar-refractivity contribution >= 4 is 43.1 Å². The van der Waals surface area contributed by atoms with Crippen molar-refractivity contribution < 1.29 is 0 Å². The Hall–Kier alpha value is -2.44. The lowest BCUT2D eigenvalue weighted by Gasteiger charge is -2.07. The molecule has 0 spiro atoms. The number of hydrogen-bond acceptors (Lipinski definition) is 4. The summed E-state index contributed by atoms with van der Waals surface area (Å²) in [6.07, 6.45) is 16.2. The first kappa shape index (κ1) is 23.3. The molecule has 4 aromatic heterocycles. The Morgan fingerprint density at radius 3 is 1.50 bits per heavy atom. The molecule has 0 aliphatic rings. The van der Waals surface area contributed by atoms with Crippen LogP contribution in [0.5, 0.6) is 0 Å². The molecule has 0 fully saturated rings. The van der Waals surface area contributed by atoms with Crippen molar-refractivity contribution in [2.45, 2.75) is 78.1 Å². The van der Waals surface area contributed by atoms with Gasteiger partial charge in [0, 0.05) is 34.9 Å². The van der Waals surface area contributed by atoms with Gasteiger partial charge in [0.2, 0.25) is 0 Å². The lowest BCUT2D eigenvalue weighted by molar-refractivity contribution is 0.666. The van der Waals surface area contributed by atoms with Crippen molar-refractivity contribution in [3.63, 3.8) is 0 Å². The summed E-state index contributed by atoms with van der Waals surface area (Å²) in [5.74, 6) is 0. The van der Waals surface area contributed by atoms with Crippen LogP contribution in [-0.2, 0) is 12.8 Å². The van der Waals surface area contributed by atoms with Gasteiger partial charge in [-0.2, -0.15) is 0 Å². The molecule has 0 radical (unpaired) electrons. The number of aromatic amines is 2. The predicted molar refractivity (Wildman–Crippen MR) is 148 cm³/mol. The van der Waals surface area contributed by atoms with Crippen molar-refractivity contribution in [3.8, 4) is 22.5 Å². The van der Waals surface area contributed by atoms with Gasteiger partial charge < -0.3 is 9.97 Å². The van der Waals surface area contributed by atoms with E-state index in [1.54, 1.807) is 0 Å². The fourth-order valence-electron chi connectivity index (χ4n) is 4.71. The van der Waals surface area contributed by atoms with Crippen LogP contribution >= 0.6 is 22.7 Å². The van der Waals surface area contributed by atoms with Gasteiger partial charge in [-0.1, -0.05) is 52.4 Å². The molecule has 0 aliphatic carbocycles. The van der Waals surface area contributed by atoms with E-state index in [9.17, 15) is 0 Å². The molecule has 1 aromatic carbocycles. The highest BCUT2D eigenvalue weighted by Gasteiger charge is 2.24. The number of fused-ring (bicyclic) bond motifs is 2. The maximum absolute atomic E-state index is 5.25. The highest BCUT2D eigenvalue weighted by Crippen LogP contribution is 2.46. The standard InChI is InChI=1S/C28H34N4S2/c1-3-5-7-9-15-21-31-25-23(19-13-11-17-29-19)28-26(32-22(34-28)16-10-8-6-4-2)24(27(25)33-21)20-14-12-18-30-20/h11-14,17-18,29-30H,3-10,15-16H2,1-2H3. The van der Waals surface area contributed by atoms with Crippen LogP contribution < -0.4 is 0 Å². The zero-order valence-corrected chi connectivity index (χ0v) is 21.9. The van der Waals surface area contributed by atoms with Crippen LogP contribution in [0.25, 0.3) is 42.9 Å². The van der Waals surface area contributed by atoms with E-state index in [0.29, 0.717) is 0 Å². The van der Waals surface area contributed by atoms with Gasteiger partial charge in [0.25, 0.3) is 0 Å². The molecular formula is C28H34N4S2. The van der Waals surface area contributed by atoms with Crippen molar-refractivity contribution in [1.82, 2.24) is 19.9 Å². The van der Waals surface area contributed by atoms with E-state index in [4.69, 9.17) is 9.97 Å². The number of aryl methyl sites for hydroxylation is 2. The summed E-state index contributed by atoms with van der Waals surface area (Å²) in [4.78, 5) is 17.4. The maximum atomic E-state index is 5.25. The normalized spacial score (nSPS) is 11.8. The lowest BCUT2D eigenvalue weighted by Crippen LogP contribution is -1.89. The number of rotatable bonds is 12. The van der Waals surface area contributed by atoms with Gasteiger partial charge in [-0.15, -0.1) is 22.7 Å². The first-order valence-corrected chi connectivity index (χ1v) is 14.5. The Morgan fingerprint density at radius 1 is 0.647 bits per heavy atom. The minimum Gasteiger partial charge on any atom is -0.361 e. The van der Waals surface area contributed by atoms with Gasteiger partial charge in [0.1, 0.15) is 0 Å². The van der Waals surface area contributed by atoms with Crippen molar-refractivity contribution in [2.24, 2.45) is 0 Å². The first-order valence-electron chi connectivity index (χ1n) is 12.8. The third-order valence-electron chi connectivity index (χ3n) is 6.49. The largest absolute Gasteiger partial charge is 0.361 e. The maximum Gasteiger partial charge on any atom is 0.0939 e. The van der Waals surface area contributed by atoms with E-state index in [-0.39, 0.29) is 0 Å². The fourth-order valence-corrected chi connectivity index (χ4v) is 7.06. The van der Waals surface area contributed by atoms with Gasteiger partial charge >= 0.3 is 0 Å². The average Bonchev–Trinajstić information content (AvgIpc) is 3.65. The van der Waals surface area contributed by atoms with Crippen molar-refractivity contribution in [2.75, 3.05) is 0 Å². The minimum absolute atomic E-state index is 1.05. The van der Waals surface area contributed by atoms with Crippen LogP contribution in [0.3, 0.4) is 0 Å². The molecule has 4 nitrogen and oxygen atoms in total. The molecule has 0 saturated heterocycles. The van der Waals surface area contributed by atoms with Crippen LogP contribution in [0.15, 0.2) is 36.7 Å². The highest BCUT2D eigenvalue weighted by atomic mass is 32.1. The van der Waals surface area contributed by atoms with Crippen LogP contribution in [0.4, 0.5) is 0 Å². The molecule has 6 heteroatoms. The molecular weight excluding hydrogens is 456 g/mol. The Balaban J connectivity index is 1.67. The van der Waals surface area contributed by atoms with E-state index < -0.39 is 0 Å². The van der Waals surface area contributed by atoms with Crippen LogP contribution in [-0.4, -0.2) is 19.9 Å². The Kier molecular flexibility index (Phi) is 7.45. The Labute approximate surface area is 209 Å². The van der Waals surface area contributed by atoms with E-state index >= 15 is 0 Å². The molecule has 0 aliphatic heterocycles. The van der Waals surface area contributed by atoms with Crippen LogP contribution in [0, 0.1) is 0 Å². The summed E-state index contributed by atoms with van der Waals surface area (Å²) < 4.78 is 2.51. The Morgan fingerprint density at radius 2 is 1.12 bits per heavy atom. The summed E-state index contributed by atoms with van der Waals surface area (Å²) in [5.41, 5.74) is 6.96. The van der Waals surface area contributed by atoms with Gasteiger partial charge in [-0.3, -0.25) is 0 Å². The number of nitrogens with zero attached hydrogens (tertiary/aromatic N) is 2. The quantitative estimate of drug-likeness (QED) is 0.171. The molecule has 0 bridgehead atoms. The highest BCUT2D eigenvalue weighted by molar-refractivity contribution is 7.21. The zero-order valence-electron chi connectivity index (χ0n) is 20.2. The summed E-state index contributed by atoms with van der Waals surface area (Å²) in [6.45, 7) is 4.53. The summed E-state index contributed by atoms with van der Waals surface area (Å²) in [7, 11) is 0. The molecule has 4 heterocycles. The second kappa shape index (κ2) is 10.9. The van der Waals surface area contributed by atoms with Crippen molar-refractivity contribution in [1.29, 1.82) is 0 Å². The lowest BCUT2D eigenvalue weighted by atomic mass is 10.0. The molecule has 34 heavy (non-hydrogen) atoms. The smallest absolute Gasteiger partial charge is 0.0939 e. The molecule has 178 valence electrons. The summed E-state index contributed by atoms with van der Waals surface area (Å²) >= 11 is 3.72. The molecule has 0 amide bonds. The van der Waals surface area contributed by atoms with Crippen LogP contribution in [0.2, 0.25) is 0 Å². The number of hydrogen-bond donors (Lipinski definition) is 2. The van der Waals surface area contributed by atoms with E-state index in [1.165, 1.54) is 81.9 Å². The second-order valence-corrected chi connectivity index (χ2v) is 11.3. The number of H-pyrrole nitrogens is 2. The third kappa shape index (κ3) is 4.71. The van der Waals surface area contributed by atoms with Crippen LogP contribution in [0.1, 0.15) is 75.2 Å². The number of benzene rings is 1. The molecule has 0 atom stereocenters. The van der Waals surface area contributed by atoms with E-state index in [0.717, 1.165) is 35.3 Å². The fraction of sp³-hybridized carbons (Fsp3) is 0.429. The summed E-state index contributed by atoms with van der Waals surface area (Å²) in [5, 5.41) is 2.48. The SMILES string of the molecule is CCCCCCc1nc2c(-c3ccc[nH]3)c3sc(CCCCCC)nc3c(-c3ccc[nH]3)c2s1. The van der Waals surface area contributed by atoms with Gasteiger partial charge in [-0.05, 0) is 49.9 Å². The topological polar surface area (TPSA) is 57.4 Å².